The lowest BCUT2D eigenvalue weighted by atomic mass is 10.1. The fourth-order valence-corrected chi connectivity index (χ4v) is 2.44. The Morgan fingerprint density at radius 2 is 2.11 bits per heavy atom. The Labute approximate surface area is 114 Å². The molecule has 1 aromatic heterocycles. The maximum absolute atomic E-state index is 7.45. The van der Waals surface area contributed by atoms with Crippen molar-refractivity contribution in [1.82, 2.24) is 9.88 Å². The molecule has 0 bridgehead atoms. The van der Waals surface area contributed by atoms with Crippen molar-refractivity contribution in [3.63, 3.8) is 0 Å². The number of piperazine rings is 1. The van der Waals surface area contributed by atoms with E-state index in [1.165, 1.54) is 6.42 Å². The quantitative estimate of drug-likeness (QED) is 0.633. The summed E-state index contributed by atoms with van der Waals surface area (Å²) >= 11 is 0. The first-order chi connectivity index (χ1) is 9.11. The molecule has 1 aromatic rings. The number of pyridine rings is 1. The van der Waals surface area contributed by atoms with Crippen LogP contribution in [0.4, 0.5) is 5.69 Å². The lowest BCUT2D eigenvalue weighted by Gasteiger charge is -2.39. The largest absolute Gasteiger partial charge is 0.382 e. The number of aromatic nitrogens is 1. The maximum atomic E-state index is 7.45. The minimum absolute atomic E-state index is 0.0279. The Kier molecular flexibility index (Phi) is 4.37. The van der Waals surface area contributed by atoms with Gasteiger partial charge in [0.1, 0.15) is 11.5 Å². The van der Waals surface area contributed by atoms with E-state index < -0.39 is 0 Å². The fourth-order valence-electron chi connectivity index (χ4n) is 2.44. The van der Waals surface area contributed by atoms with Crippen LogP contribution in [0, 0.1) is 5.41 Å². The average molecular weight is 261 g/mol. The van der Waals surface area contributed by atoms with Crippen molar-refractivity contribution < 1.29 is 0 Å². The number of anilines is 1. The van der Waals surface area contributed by atoms with Crippen LogP contribution in [0.3, 0.4) is 0 Å². The summed E-state index contributed by atoms with van der Waals surface area (Å²) in [5, 5.41) is 7.45. The Bertz CT molecular complexity index is 437. The minimum atomic E-state index is 0.0279. The molecule has 2 heterocycles. The van der Waals surface area contributed by atoms with Gasteiger partial charge >= 0.3 is 0 Å². The molecule has 5 heteroatoms. The average Bonchev–Trinajstić information content (AvgIpc) is 2.46. The highest BCUT2D eigenvalue weighted by Crippen LogP contribution is 2.18. The van der Waals surface area contributed by atoms with Gasteiger partial charge < -0.3 is 10.6 Å². The van der Waals surface area contributed by atoms with Crippen LogP contribution in [0.2, 0.25) is 0 Å². The van der Waals surface area contributed by atoms with Gasteiger partial charge in [-0.05, 0) is 25.5 Å². The summed E-state index contributed by atoms with van der Waals surface area (Å²) in [4.78, 5) is 8.98. The van der Waals surface area contributed by atoms with Crippen molar-refractivity contribution in [3.8, 4) is 0 Å². The van der Waals surface area contributed by atoms with E-state index in [4.69, 9.17) is 11.1 Å². The number of amidine groups is 1. The first-order valence-electron chi connectivity index (χ1n) is 6.91. The molecule has 1 unspecified atom stereocenters. The molecule has 1 fully saturated rings. The first-order valence-corrected chi connectivity index (χ1v) is 6.91. The van der Waals surface area contributed by atoms with Crippen LogP contribution in [0.25, 0.3) is 0 Å². The maximum Gasteiger partial charge on any atom is 0.141 e. The van der Waals surface area contributed by atoms with Crippen molar-refractivity contribution in [2.24, 2.45) is 5.73 Å². The summed E-state index contributed by atoms with van der Waals surface area (Å²) in [6, 6.07) is 4.56. The molecular weight excluding hydrogens is 238 g/mol. The van der Waals surface area contributed by atoms with Gasteiger partial charge in [-0.2, -0.15) is 0 Å². The molecule has 0 saturated carbocycles. The molecule has 1 aliphatic rings. The molecule has 0 radical (unpaired) electrons. The van der Waals surface area contributed by atoms with Crippen molar-refractivity contribution in [2.75, 3.05) is 31.1 Å². The van der Waals surface area contributed by atoms with Crippen LogP contribution in [-0.2, 0) is 0 Å². The van der Waals surface area contributed by atoms with Crippen LogP contribution < -0.4 is 10.6 Å². The van der Waals surface area contributed by atoms with E-state index in [9.17, 15) is 0 Å². The van der Waals surface area contributed by atoms with E-state index in [2.05, 4.69) is 28.6 Å². The second-order valence-corrected chi connectivity index (χ2v) is 5.09. The molecule has 1 saturated heterocycles. The summed E-state index contributed by atoms with van der Waals surface area (Å²) in [5.41, 5.74) is 7.16. The number of nitrogens with two attached hydrogens (primary N) is 1. The van der Waals surface area contributed by atoms with Gasteiger partial charge in [0.25, 0.3) is 0 Å². The molecular formula is C14H23N5. The predicted molar refractivity (Wildman–Crippen MR) is 78.8 cm³/mol. The van der Waals surface area contributed by atoms with Crippen molar-refractivity contribution in [3.05, 3.63) is 24.0 Å². The van der Waals surface area contributed by atoms with E-state index in [1.807, 2.05) is 12.1 Å². The van der Waals surface area contributed by atoms with Gasteiger partial charge in [0, 0.05) is 44.1 Å². The number of nitrogens with zero attached hydrogens (tertiary/aromatic N) is 3. The van der Waals surface area contributed by atoms with E-state index in [1.54, 1.807) is 6.20 Å². The standard InChI is InChI=1S/C14H23N5/c1-3-11(2)18-6-8-19(9-7-18)12-4-5-17-13(10-12)14(15)16/h4-5,10-11H,3,6-9H2,1-2H3,(H3,15,16). The zero-order valence-electron chi connectivity index (χ0n) is 11.8. The molecule has 0 aromatic carbocycles. The molecule has 1 aliphatic heterocycles. The third-order valence-corrected chi connectivity index (χ3v) is 3.91. The van der Waals surface area contributed by atoms with E-state index in [0.29, 0.717) is 11.7 Å². The second-order valence-electron chi connectivity index (χ2n) is 5.09. The molecule has 19 heavy (non-hydrogen) atoms. The van der Waals surface area contributed by atoms with Gasteiger partial charge in [-0.25, -0.2) is 0 Å². The van der Waals surface area contributed by atoms with Gasteiger partial charge in [-0.15, -0.1) is 0 Å². The Hall–Kier alpha value is -1.62. The third-order valence-electron chi connectivity index (χ3n) is 3.91. The van der Waals surface area contributed by atoms with Crippen molar-refractivity contribution >= 4 is 11.5 Å². The monoisotopic (exact) mass is 261 g/mol. The first kappa shape index (κ1) is 13.8. The Morgan fingerprint density at radius 3 is 2.68 bits per heavy atom. The van der Waals surface area contributed by atoms with Crippen molar-refractivity contribution in [1.29, 1.82) is 5.41 Å². The number of nitrogen functional groups attached to an aromatic ring is 1. The summed E-state index contributed by atoms with van der Waals surface area (Å²) < 4.78 is 0. The highest BCUT2D eigenvalue weighted by Gasteiger charge is 2.20. The SMILES string of the molecule is CCC(C)N1CCN(c2ccnc(C(=N)N)c2)CC1. The van der Waals surface area contributed by atoms with Gasteiger partial charge in [-0.1, -0.05) is 6.92 Å². The molecule has 1 atom stereocenters. The molecule has 2 rings (SSSR count). The molecule has 104 valence electrons. The zero-order chi connectivity index (χ0) is 13.8. The lowest BCUT2D eigenvalue weighted by molar-refractivity contribution is 0.193. The van der Waals surface area contributed by atoms with Crippen LogP contribution >= 0.6 is 0 Å². The molecule has 0 spiro atoms. The highest BCUT2D eigenvalue weighted by molar-refractivity contribution is 5.93. The fraction of sp³-hybridized carbons (Fsp3) is 0.571. The number of rotatable bonds is 4. The lowest BCUT2D eigenvalue weighted by Crippen LogP contribution is -2.49. The molecule has 5 nitrogen and oxygen atoms in total. The minimum Gasteiger partial charge on any atom is -0.382 e. The van der Waals surface area contributed by atoms with Crippen molar-refractivity contribution in [2.45, 2.75) is 26.3 Å². The van der Waals surface area contributed by atoms with E-state index in [0.717, 1.165) is 31.9 Å². The smallest absolute Gasteiger partial charge is 0.141 e. The van der Waals surface area contributed by atoms with Gasteiger partial charge in [0.05, 0.1) is 0 Å². The summed E-state index contributed by atoms with van der Waals surface area (Å²) in [5.74, 6) is 0.0279. The molecule has 0 aliphatic carbocycles. The number of hydrogen-bond acceptors (Lipinski definition) is 4. The van der Waals surface area contributed by atoms with Crippen LogP contribution in [0.5, 0.6) is 0 Å². The summed E-state index contributed by atoms with van der Waals surface area (Å²) in [7, 11) is 0. The Morgan fingerprint density at radius 1 is 1.42 bits per heavy atom. The summed E-state index contributed by atoms with van der Waals surface area (Å²) in [6.45, 7) is 8.74. The van der Waals surface area contributed by atoms with E-state index >= 15 is 0 Å². The van der Waals surface area contributed by atoms with E-state index in [-0.39, 0.29) is 5.84 Å². The normalized spacial score (nSPS) is 18.3. The van der Waals surface area contributed by atoms with Gasteiger partial charge in [0.2, 0.25) is 0 Å². The third kappa shape index (κ3) is 3.23. The van der Waals surface area contributed by atoms with Gasteiger partial charge in [-0.3, -0.25) is 15.3 Å². The number of nitrogens with one attached hydrogen (secondary N) is 1. The zero-order valence-corrected chi connectivity index (χ0v) is 11.8. The molecule has 0 amide bonds. The highest BCUT2D eigenvalue weighted by atomic mass is 15.3. The summed E-state index contributed by atoms with van der Waals surface area (Å²) in [6.07, 6.45) is 2.93. The predicted octanol–water partition coefficient (Wildman–Crippen LogP) is 1.29. The Balaban J connectivity index is 2.01. The van der Waals surface area contributed by atoms with Gasteiger partial charge in [0.15, 0.2) is 0 Å². The number of hydrogen-bond donors (Lipinski definition) is 2. The van der Waals surface area contributed by atoms with Crippen LogP contribution in [-0.4, -0.2) is 47.9 Å². The van der Waals surface area contributed by atoms with Crippen LogP contribution in [0.1, 0.15) is 26.0 Å². The second kappa shape index (κ2) is 6.02. The topological polar surface area (TPSA) is 69.2 Å². The molecule has 3 N–H and O–H groups in total. The van der Waals surface area contributed by atoms with Crippen LogP contribution in [0.15, 0.2) is 18.3 Å².